The number of anilines is 1. The number of rotatable bonds is 5. The van der Waals surface area contributed by atoms with E-state index in [1.165, 1.54) is 12.4 Å². The SMILES string of the molecule is Cc1cc(C)n(-c2ncc(NC(=O)CNC(=O)c3ccccc3)cn2)n1. The summed E-state index contributed by atoms with van der Waals surface area (Å²) >= 11 is 0. The molecule has 0 saturated carbocycles. The van der Waals surface area contributed by atoms with Gasteiger partial charge in [0.05, 0.1) is 30.3 Å². The largest absolute Gasteiger partial charge is 0.343 e. The van der Waals surface area contributed by atoms with Crippen LogP contribution in [0.2, 0.25) is 0 Å². The van der Waals surface area contributed by atoms with Crippen LogP contribution in [0.15, 0.2) is 48.8 Å². The second-order valence-electron chi connectivity index (χ2n) is 5.71. The molecule has 0 bridgehead atoms. The molecule has 3 rings (SSSR count). The van der Waals surface area contributed by atoms with Gasteiger partial charge in [0, 0.05) is 11.3 Å². The van der Waals surface area contributed by atoms with Gasteiger partial charge in [-0.15, -0.1) is 0 Å². The molecule has 2 N–H and O–H groups in total. The third-order valence-electron chi connectivity index (χ3n) is 3.57. The minimum absolute atomic E-state index is 0.146. The first kappa shape index (κ1) is 17.3. The Hall–Kier alpha value is -3.55. The maximum Gasteiger partial charge on any atom is 0.251 e. The number of hydrogen-bond acceptors (Lipinski definition) is 5. The first-order chi connectivity index (χ1) is 12.5. The molecule has 2 heterocycles. The molecule has 2 aromatic heterocycles. The Morgan fingerprint density at radius 1 is 1.08 bits per heavy atom. The number of amides is 2. The molecule has 0 radical (unpaired) electrons. The highest BCUT2D eigenvalue weighted by molar-refractivity contribution is 5.99. The summed E-state index contributed by atoms with van der Waals surface area (Å²) in [5, 5.41) is 9.50. The maximum absolute atomic E-state index is 12.0. The molecule has 2 amide bonds. The van der Waals surface area contributed by atoms with E-state index < -0.39 is 0 Å². The normalized spacial score (nSPS) is 10.4. The molecule has 0 aliphatic heterocycles. The number of nitrogens with one attached hydrogen (secondary N) is 2. The van der Waals surface area contributed by atoms with E-state index in [0.29, 0.717) is 17.2 Å². The van der Waals surface area contributed by atoms with Crippen LogP contribution in [0.4, 0.5) is 5.69 Å². The van der Waals surface area contributed by atoms with E-state index in [-0.39, 0.29) is 18.4 Å². The van der Waals surface area contributed by atoms with Crippen LogP contribution < -0.4 is 10.6 Å². The predicted octanol–water partition coefficient (Wildman–Crippen LogP) is 1.65. The van der Waals surface area contributed by atoms with Crippen molar-refractivity contribution in [2.45, 2.75) is 13.8 Å². The summed E-state index contributed by atoms with van der Waals surface area (Å²) in [4.78, 5) is 32.3. The lowest BCUT2D eigenvalue weighted by atomic mass is 10.2. The number of aromatic nitrogens is 4. The highest BCUT2D eigenvalue weighted by Crippen LogP contribution is 2.09. The van der Waals surface area contributed by atoms with Crippen molar-refractivity contribution >= 4 is 17.5 Å². The van der Waals surface area contributed by atoms with Gasteiger partial charge in [-0.2, -0.15) is 5.10 Å². The van der Waals surface area contributed by atoms with Crippen LogP contribution in [0.5, 0.6) is 0 Å². The van der Waals surface area contributed by atoms with Crippen LogP contribution in [0.1, 0.15) is 21.7 Å². The van der Waals surface area contributed by atoms with Crippen LogP contribution in [0.3, 0.4) is 0 Å². The lowest BCUT2D eigenvalue weighted by Crippen LogP contribution is -2.32. The molecule has 0 unspecified atom stereocenters. The molecule has 0 aliphatic carbocycles. The van der Waals surface area contributed by atoms with Gasteiger partial charge in [-0.1, -0.05) is 18.2 Å². The summed E-state index contributed by atoms with van der Waals surface area (Å²) in [5.41, 5.74) is 2.73. The van der Waals surface area contributed by atoms with Gasteiger partial charge in [-0.3, -0.25) is 9.59 Å². The third-order valence-corrected chi connectivity index (χ3v) is 3.57. The Morgan fingerprint density at radius 2 is 1.77 bits per heavy atom. The summed E-state index contributed by atoms with van der Waals surface area (Å²) in [6.07, 6.45) is 2.99. The standard InChI is InChI=1S/C18H18N6O2/c1-12-8-13(2)24(23-12)18-20-9-15(10-21-18)22-16(25)11-19-17(26)14-6-4-3-5-7-14/h3-10H,11H2,1-2H3,(H,19,26)(H,22,25). The summed E-state index contributed by atoms with van der Waals surface area (Å²) in [5.74, 6) is -0.250. The number of carbonyl (C=O) groups is 2. The van der Waals surface area contributed by atoms with E-state index in [4.69, 9.17) is 0 Å². The van der Waals surface area contributed by atoms with Crippen molar-refractivity contribution in [2.75, 3.05) is 11.9 Å². The van der Waals surface area contributed by atoms with Crippen molar-refractivity contribution in [3.05, 3.63) is 65.7 Å². The molecule has 8 heteroatoms. The molecular formula is C18H18N6O2. The monoisotopic (exact) mass is 350 g/mol. The summed E-state index contributed by atoms with van der Waals surface area (Å²) < 4.78 is 1.63. The molecule has 0 aliphatic rings. The number of benzene rings is 1. The molecular weight excluding hydrogens is 332 g/mol. The minimum atomic E-state index is -0.364. The fourth-order valence-corrected chi connectivity index (χ4v) is 2.38. The lowest BCUT2D eigenvalue weighted by molar-refractivity contribution is -0.115. The third kappa shape index (κ3) is 4.10. The molecule has 26 heavy (non-hydrogen) atoms. The van der Waals surface area contributed by atoms with Gasteiger partial charge >= 0.3 is 0 Å². The fourth-order valence-electron chi connectivity index (χ4n) is 2.38. The number of nitrogens with zero attached hydrogens (tertiary/aromatic N) is 4. The second kappa shape index (κ2) is 7.56. The molecule has 0 saturated heterocycles. The van der Waals surface area contributed by atoms with Crippen LogP contribution in [-0.2, 0) is 4.79 Å². The molecule has 132 valence electrons. The zero-order chi connectivity index (χ0) is 18.5. The molecule has 3 aromatic rings. The van der Waals surface area contributed by atoms with Gasteiger partial charge in [0.2, 0.25) is 5.91 Å². The van der Waals surface area contributed by atoms with Gasteiger partial charge in [-0.05, 0) is 32.0 Å². The van der Waals surface area contributed by atoms with E-state index in [1.807, 2.05) is 26.0 Å². The van der Waals surface area contributed by atoms with Gasteiger partial charge < -0.3 is 10.6 Å². The first-order valence-electron chi connectivity index (χ1n) is 8.02. The van der Waals surface area contributed by atoms with E-state index in [9.17, 15) is 9.59 Å². The number of aryl methyl sites for hydroxylation is 2. The van der Waals surface area contributed by atoms with Crippen LogP contribution >= 0.6 is 0 Å². The summed E-state index contributed by atoms with van der Waals surface area (Å²) in [6.45, 7) is 3.66. The number of carbonyl (C=O) groups excluding carboxylic acids is 2. The molecule has 0 spiro atoms. The fraction of sp³-hybridized carbons (Fsp3) is 0.167. The zero-order valence-electron chi connectivity index (χ0n) is 14.4. The second-order valence-corrected chi connectivity index (χ2v) is 5.71. The van der Waals surface area contributed by atoms with Crippen molar-refractivity contribution in [2.24, 2.45) is 0 Å². The Labute approximate surface area is 150 Å². The van der Waals surface area contributed by atoms with Gasteiger partial charge in [-0.25, -0.2) is 14.6 Å². The molecule has 1 aromatic carbocycles. The number of hydrogen-bond donors (Lipinski definition) is 2. The Bertz CT molecular complexity index is 919. The van der Waals surface area contributed by atoms with Gasteiger partial charge in [0.25, 0.3) is 11.9 Å². The Morgan fingerprint density at radius 3 is 2.38 bits per heavy atom. The van der Waals surface area contributed by atoms with Crippen LogP contribution in [-0.4, -0.2) is 38.1 Å². The van der Waals surface area contributed by atoms with Crippen molar-refractivity contribution in [1.29, 1.82) is 0 Å². The Balaban J connectivity index is 1.56. The van der Waals surface area contributed by atoms with Crippen LogP contribution in [0, 0.1) is 13.8 Å². The van der Waals surface area contributed by atoms with Crippen molar-refractivity contribution in [3.8, 4) is 5.95 Å². The average molecular weight is 350 g/mol. The van der Waals surface area contributed by atoms with Crippen molar-refractivity contribution in [1.82, 2.24) is 25.1 Å². The zero-order valence-corrected chi connectivity index (χ0v) is 14.4. The lowest BCUT2D eigenvalue weighted by Gasteiger charge is -2.07. The highest BCUT2D eigenvalue weighted by atomic mass is 16.2. The Kier molecular flexibility index (Phi) is 5.02. The van der Waals surface area contributed by atoms with E-state index >= 15 is 0 Å². The van der Waals surface area contributed by atoms with Crippen molar-refractivity contribution < 1.29 is 9.59 Å². The summed E-state index contributed by atoms with van der Waals surface area (Å²) in [7, 11) is 0. The molecule has 0 fully saturated rings. The highest BCUT2D eigenvalue weighted by Gasteiger charge is 2.10. The van der Waals surface area contributed by atoms with Crippen LogP contribution in [0.25, 0.3) is 5.95 Å². The first-order valence-corrected chi connectivity index (χ1v) is 8.02. The summed E-state index contributed by atoms with van der Waals surface area (Å²) in [6, 6.07) is 10.6. The van der Waals surface area contributed by atoms with Crippen molar-refractivity contribution in [3.63, 3.8) is 0 Å². The average Bonchev–Trinajstić information content (AvgIpc) is 2.99. The minimum Gasteiger partial charge on any atom is -0.343 e. The van der Waals surface area contributed by atoms with E-state index in [2.05, 4.69) is 25.7 Å². The van der Waals surface area contributed by atoms with E-state index in [1.54, 1.807) is 28.9 Å². The molecule has 8 nitrogen and oxygen atoms in total. The van der Waals surface area contributed by atoms with Gasteiger partial charge in [0.1, 0.15) is 0 Å². The van der Waals surface area contributed by atoms with E-state index in [0.717, 1.165) is 11.4 Å². The maximum atomic E-state index is 12.0. The quantitative estimate of drug-likeness (QED) is 0.728. The van der Waals surface area contributed by atoms with Gasteiger partial charge in [0.15, 0.2) is 0 Å². The topological polar surface area (TPSA) is 102 Å². The predicted molar refractivity (Wildman–Crippen MR) is 96.0 cm³/mol. The smallest absolute Gasteiger partial charge is 0.251 e. The molecule has 0 atom stereocenters.